The first kappa shape index (κ1) is 21.5. The summed E-state index contributed by atoms with van der Waals surface area (Å²) in [5.74, 6) is -0.197. The van der Waals surface area contributed by atoms with Crippen molar-refractivity contribution in [1.82, 2.24) is 15.1 Å². The van der Waals surface area contributed by atoms with E-state index in [9.17, 15) is 22.8 Å². The molecule has 0 radical (unpaired) electrons. The number of aryl methyl sites for hydroxylation is 1. The molecule has 0 saturated carbocycles. The third-order valence-corrected chi connectivity index (χ3v) is 5.17. The standard InChI is InChI=1S/C17H17N7O6S/c1-9-6-13(23-30-9)24-31(28,29)12-4-2-10(3-5-12)19-7-11(25)8-20-15-14(18)16(26)22-17(27)21-15/h2-6,8,19H,7,18H2,1H3,(H,23,24)(H2,21,22,26,27). The molecular formula is C17H17N7O6S. The van der Waals surface area contributed by atoms with E-state index in [0.29, 0.717) is 11.4 Å². The fraction of sp³-hybridized carbons (Fsp3) is 0.118. The van der Waals surface area contributed by atoms with Gasteiger partial charge in [0.1, 0.15) is 11.4 Å². The van der Waals surface area contributed by atoms with Crippen LogP contribution in [0.3, 0.4) is 0 Å². The number of Topliss-reactive ketones (excluding diaryl/α,β-unsaturated/α-hetero) is 1. The second kappa shape index (κ2) is 8.66. The van der Waals surface area contributed by atoms with E-state index >= 15 is 0 Å². The van der Waals surface area contributed by atoms with Crippen molar-refractivity contribution in [1.29, 1.82) is 0 Å². The van der Waals surface area contributed by atoms with Gasteiger partial charge in [0.15, 0.2) is 17.4 Å². The molecule has 6 N–H and O–H groups in total. The van der Waals surface area contributed by atoms with Crippen molar-refractivity contribution in [3.63, 3.8) is 0 Å². The van der Waals surface area contributed by atoms with Gasteiger partial charge in [-0.3, -0.25) is 24.3 Å². The lowest BCUT2D eigenvalue weighted by Crippen LogP contribution is -2.24. The van der Waals surface area contributed by atoms with Gasteiger partial charge < -0.3 is 15.6 Å². The summed E-state index contributed by atoms with van der Waals surface area (Å²) in [4.78, 5) is 42.4. The number of anilines is 3. The number of H-pyrrole nitrogens is 2. The maximum absolute atomic E-state index is 12.3. The Bertz CT molecular complexity index is 1350. The fourth-order valence-electron chi connectivity index (χ4n) is 2.32. The zero-order valence-electron chi connectivity index (χ0n) is 16.0. The SMILES string of the molecule is Cc1cc(NS(=O)(=O)c2ccc(NCC(=O)C=Nc3[nH]c(=O)[nH]c(=O)c3N)cc2)no1. The van der Waals surface area contributed by atoms with Gasteiger partial charge in [-0.1, -0.05) is 5.16 Å². The molecule has 0 aliphatic rings. The molecule has 13 nitrogen and oxygen atoms in total. The zero-order chi connectivity index (χ0) is 22.6. The number of nitrogens with zero attached hydrogens (tertiary/aromatic N) is 2. The summed E-state index contributed by atoms with van der Waals surface area (Å²) in [6.45, 7) is 1.45. The molecule has 0 atom stereocenters. The summed E-state index contributed by atoms with van der Waals surface area (Å²) in [5, 5.41) is 6.37. The van der Waals surface area contributed by atoms with Crippen LogP contribution in [0.5, 0.6) is 0 Å². The van der Waals surface area contributed by atoms with Gasteiger partial charge in [-0.15, -0.1) is 0 Å². The molecule has 31 heavy (non-hydrogen) atoms. The van der Waals surface area contributed by atoms with Crippen LogP contribution in [0.2, 0.25) is 0 Å². The molecule has 2 heterocycles. The number of hydrogen-bond acceptors (Lipinski definition) is 10. The third-order valence-electron chi connectivity index (χ3n) is 3.79. The molecule has 0 bridgehead atoms. The quantitative estimate of drug-likeness (QED) is 0.297. The van der Waals surface area contributed by atoms with E-state index in [2.05, 4.69) is 25.2 Å². The number of sulfonamides is 1. The summed E-state index contributed by atoms with van der Waals surface area (Å²) in [5.41, 5.74) is 4.01. The van der Waals surface area contributed by atoms with E-state index in [-0.39, 0.29) is 28.8 Å². The van der Waals surface area contributed by atoms with E-state index in [0.717, 1.165) is 6.21 Å². The van der Waals surface area contributed by atoms with Crippen LogP contribution >= 0.6 is 0 Å². The number of nitrogen functional groups attached to an aromatic ring is 1. The number of aromatic amines is 2. The van der Waals surface area contributed by atoms with Gasteiger partial charge in [-0.2, -0.15) is 0 Å². The minimum atomic E-state index is -3.86. The Morgan fingerprint density at radius 3 is 2.61 bits per heavy atom. The molecule has 3 rings (SSSR count). The van der Waals surface area contributed by atoms with Crippen molar-refractivity contribution < 1.29 is 17.7 Å². The number of benzene rings is 1. The highest BCUT2D eigenvalue weighted by Gasteiger charge is 2.16. The fourth-order valence-corrected chi connectivity index (χ4v) is 3.30. The average Bonchev–Trinajstić information content (AvgIpc) is 3.12. The molecule has 0 saturated heterocycles. The number of nitrogens with two attached hydrogens (primary N) is 1. The highest BCUT2D eigenvalue weighted by molar-refractivity contribution is 7.92. The van der Waals surface area contributed by atoms with Gasteiger partial charge in [0.05, 0.1) is 17.7 Å². The molecule has 2 aromatic heterocycles. The Morgan fingerprint density at radius 1 is 1.26 bits per heavy atom. The van der Waals surface area contributed by atoms with E-state index in [1.807, 2.05) is 4.98 Å². The predicted molar refractivity (Wildman–Crippen MR) is 112 cm³/mol. The largest absolute Gasteiger partial charge is 0.391 e. The summed E-state index contributed by atoms with van der Waals surface area (Å²) < 4.78 is 31.8. The van der Waals surface area contributed by atoms with Crippen molar-refractivity contribution in [2.45, 2.75) is 11.8 Å². The van der Waals surface area contributed by atoms with Crippen LogP contribution in [0.1, 0.15) is 5.76 Å². The molecule has 0 amide bonds. The van der Waals surface area contributed by atoms with Gasteiger partial charge in [0, 0.05) is 11.8 Å². The minimum absolute atomic E-state index is 0.0136. The van der Waals surface area contributed by atoms with Gasteiger partial charge in [0.2, 0.25) is 0 Å². The first-order chi connectivity index (χ1) is 14.6. The van der Waals surface area contributed by atoms with Crippen molar-refractivity contribution in [2.24, 2.45) is 4.99 Å². The molecule has 0 aliphatic carbocycles. The van der Waals surface area contributed by atoms with E-state index in [4.69, 9.17) is 10.3 Å². The van der Waals surface area contributed by atoms with Crippen molar-refractivity contribution in [2.75, 3.05) is 22.3 Å². The molecule has 14 heteroatoms. The number of nitrogens with one attached hydrogen (secondary N) is 4. The van der Waals surface area contributed by atoms with E-state index in [1.54, 1.807) is 6.92 Å². The van der Waals surface area contributed by atoms with Gasteiger partial charge >= 0.3 is 5.69 Å². The Labute approximate surface area is 174 Å². The number of ketones is 1. The first-order valence-corrected chi connectivity index (χ1v) is 10.1. The topological polar surface area (TPSA) is 205 Å². The summed E-state index contributed by atoms with van der Waals surface area (Å²) in [6, 6.07) is 7.07. The van der Waals surface area contributed by atoms with E-state index < -0.39 is 27.1 Å². The van der Waals surface area contributed by atoms with Crippen LogP contribution in [0.25, 0.3) is 0 Å². The molecule has 0 unspecified atom stereocenters. The van der Waals surface area contributed by atoms with Crippen LogP contribution in [0.15, 0.2) is 54.3 Å². The minimum Gasteiger partial charge on any atom is -0.391 e. The summed E-state index contributed by atoms with van der Waals surface area (Å²) in [6.07, 6.45) is 0.900. The molecule has 0 aliphatic heterocycles. The monoisotopic (exact) mass is 447 g/mol. The Balaban J connectivity index is 1.60. The van der Waals surface area contributed by atoms with Gasteiger partial charge in [0.25, 0.3) is 15.6 Å². The predicted octanol–water partition coefficient (Wildman–Crippen LogP) is 0.126. The molecule has 162 valence electrons. The summed E-state index contributed by atoms with van der Waals surface area (Å²) >= 11 is 0. The normalized spacial score (nSPS) is 11.5. The molecular weight excluding hydrogens is 430 g/mol. The average molecular weight is 447 g/mol. The molecule has 0 fully saturated rings. The van der Waals surface area contributed by atoms with Crippen molar-refractivity contribution in [3.05, 3.63) is 56.9 Å². The maximum atomic E-state index is 12.3. The number of aliphatic imine (C=N–C) groups is 1. The van der Waals surface area contributed by atoms with Crippen LogP contribution in [0.4, 0.5) is 23.0 Å². The smallest absolute Gasteiger partial charge is 0.327 e. The Hall–Kier alpha value is -4.20. The lowest BCUT2D eigenvalue weighted by Gasteiger charge is -2.07. The molecule has 3 aromatic rings. The Morgan fingerprint density at radius 2 is 1.97 bits per heavy atom. The lowest BCUT2D eigenvalue weighted by molar-refractivity contribution is -0.111. The number of hydrogen-bond donors (Lipinski definition) is 5. The van der Waals surface area contributed by atoms with Crippen molar-refractivity contribution >= 4 is 45.0 Å². The maximum Gasteiger partial charge on any atom is 0.327 e. The second-order valence-corrected chi connectivity index (χ2v) is 7.88. The zero-order valence-corrected chi connectivity index (χ0v) is 16.8. The van der Waals surface area contributed by atoms with Crippen molar-refractivity contribution in [3.8, 4) is 0 Å². The molecule has 0 spiro atoms. The van der Waals surface area contributed by atoms with Crippen LogP contribution in [0, 0.1) is 6.92 Å². The van der Waals surface area contributed by atoms with Gasteiger partial charge in [-0.05, 0) is 31.2 Å². The van der Waals surface area contributed by atoms with Crippen LogP contribution < -0.4 is 27.0 Å². The molecule has 1 aromatic carbocycles. The number of rotatable bonds is 8. The number of aromatic nitrogens is 3. The number of carbonyl (C=O) groups excluding carboxylic acids is 1. The van der Waals surface area contributed by atoms with Gasteiger partial charge in [-0.25, -0.2) is 18.2 Å². The van der Waals surface area contributed by atoms with E-state index in [1.165, 1.54) is 30.3 Å². The van der Waals surface area contributed by atoms with Crippen LogP contribution in [-0.4, -0.2) is 42.1 Å². The second-order valence-electron chi connectivity index (χ2n) is 6.20. The number of carbonyl (C=O) groups is 1. The Kier molecular flexibility index (Phi) is 6.01. The first-order valence-electron chi connectivity index (χ1n) is 8.63. The lowest BCUT2D eigenvalue weighted by atomic mass is 10.3. The highest BCUT2D eigenvalue weighted by Crippen LogP contribution is 2.18. The summed E-state index contributed by atoms with van der Waals surface area (Å²) in [7, 11) is -3.86. The van der Waals surface area contributed by atoms with Crippen LogP contribution in [-0.2, 0) is 14.8 Å². The third kappa shape index (κ3) is 5.45. The highest BCUT2D eigenvalue weighted by atomic mass is 32.2.